The van der Waals surface area contributed by atoms with Crippen LogP contribution in [0.2, 0.25) is 0 Å². The fourth-order valence-corrected chi connectivity index (χ4v) is 3.35. The molecule has 3 aromatic carbocycles. The lowest BCUT2D eigenvalue weighted by molar-refractivity contribution is -0.118. The quantitative estimate of drug-likeness (QED) is 0.334. The van der Waals surface area contributed by atoms with Crippen LogP contribution in [-0.4, -0.2) is 23.6 Å². The molecule has 6 nitrogen and oxygen atoms in total. The van der Waals surface area contributed by atoms with Crippen LogP contribution >= 0.6 is 15.9 Å². The van der Waals surface area contributed by atoms with Gasteiger partial charge in [-0.05, 0) is 76.5 Å². The summed E-state index contributed by atoms with van der Waals surface area (Å²) < 4.78 is 6.23. The maximum absolute atomic E-state index is 12.1. The zero-order chi connectivity index (χ0) is 23.1. The van der Waals surface area contributed by atoms with Crippen LogP contribution in [0.5, 0.6) is 5.75 Å². The number of aryl methyl sites for hydroxylation is 1. The van der Waals surface area contributed by atoms with Crippen LogP contribution in [0.1, 0.15) is 27.0 Å². The van der Waals surface area contributed by atoms with Gasteiger partial charge in [0.15, 0.2) is 6.61 Å². The molecule has 3 rings (SSSR count). The van der Waals surface area contributed by atoms with Crippen LogP contribution in [0, 0.1) is 18.3 Å². The first-order valence-corrected chi connectivity index (χ1v) is 10.4. The molecule has 0 fully saturated rings. The van der Waals surface area contributed by atoms with E-state index in [1.165, 1.54) is 12.1 Å². The lowest BCUT2D eigenvalue weighted by atomic mass is 10.0. The Bertz CT molecular complexity index is 1210. The highest BCUT2D eigenvalue weighted by atomic mass is 79.9. The Labute approximate surface area is 193 Å². The zero-order valence-corrected chi connectivity index (χ0v) is 18.7. The van der Waals surface area contributed by atoms with Crippen LogP contribution in [0.4, 0.5) is 5.69 Å². The second-order valence-corrected chi connectivity index (χ2v) is 7.80. The third-order valence-electron chi connectivity index (χ3n) is 4.52. The number of rotatable bonds is 7. The van der Waals surface area contributed by atoms with E-state index < -0.39 is 5.97 Å². The van der Waals surface area contributed by atoms with E-state index in [0.717, 1.165) is 11.1 Å². The molecule has 0 aromatic heterocycles. The highest BCUT2D eigenvalue weighted by Crippen LogP contribution is 2.28. The molecule has 0 saturated carbocycles. The molecular formula is C25H19BrN2O4. The van der Waals surface area contributed by atoms with E-state index in [2.05, 4.69) is 27.3 Å². The van der Waals surface area contributed by atoms with Gasteiger partial charge in [0, 0.05) is 5.69 Å². The lowest BCUT2D eigenvalue weighted by Gasteiger charge is -2.10. The standard InChI is InChI=1S/C25H19BrN2O4/c1-16-2-9-21(10-3-16)28-24(29)15-32-23-11-4-17(13-22(23)26)12-20(14-27)18-5-7-19(8-6-18)25(30)31/h2-13H,15H2,1H3,(H,28,29)(H,30,31)/b20-12-. The minimum atomic E-state index is -1.02. The summed E-state index contributed by atoms with van der Waals surface area (Å²) >= 11 is 3.43. The number of hydrogen-bond donors (Lipinski definition) is 2. The van der Waals surface area contributed by atoms with Crippen molar-refractivity contribution < 1.29 is 19.4 Å². The Balaban J connectivity index is 1.67. The van der Waals surface area contributed by atoms with Crippen molar-refractivity contribution in [3.05, 3.63) is 93.5 Å². The number of nitrogens with one attached hydrogen (secondary N) is 1. The van der Waals surface area contributed by atoms with Crippen LogP contribution in [-0.2, 0) is 4.79 Å². The summed E-state index contributed by atoms with van der Waals surface area (Å²) in [6.45, 7) is 1.82. The number of hydrogen-bond acceptors (Lipinski definition) is 4. The van der Waals surface area contributed by atoms with Crippen molar-refractivity contribution in [1.82, 2.24) is 0 Å². The lowest BCUT2D eigenvalue weighted by Crippen LogP contribution is -2.20. The van der Waals surface area contributed by atoms with E-state index in [4.69, 9.17) is 9.84 Å². The molecule has 0 bridgehead atoms. The van der Waals surface area contributed by atoms with E-state index in [0.29, 0.717) is 27.0 Å². The number of nitrogens with zero attached hydrogens (tertiary/aromatic N) is 1. The highest BCUT2D eigenvalue weighted by Gasteiger charge is 2.09. The number of anilines is 1. The third-order valence-corrected chi connectivity index (χ3v) is 5.14. The molecule has 3 aromatic rings. The maximum Gasteiger partial charge on any atom is 0.335 e. The zero-order valence-electron chi connectivity index (χ0n) is 17.1. The number of benzene rings is 3. The third kappa shape index (κ3) is 6.06. The van der Waals surface area contributed by atoms with Crippen molar-refractivity contribution in [1.29, 1.82) is 5.26 Å². The van der Waals surface area contributed by atoms with Gasteiger partial charge < -0.3 is 15.2 Å². The molecule has 160 valence electrons. The number of carboxylic acids is 1. The molecule has 0 aliphatic rings. The van der Waals surface area contributed by atoms with Crippen molar-refractivity contribution >= 4 is 45.1 Å². The van der Waals surface area contributed by atoms with E-state index >= 15 is 0 Å². The van der Waals surface area contributed by atoms with Gasteiger partial charge in [-0.1, -0.05) is 35.9 Å². The molecular weight excluding hydrogens is 472 g/mol. The number of carbonyl (C=O) groups excluding carboxylic acids is 1. The van der Waals surface area contributed by atoms with Crippen molar-refractivity contribution in [2.24, 2.45) is 0 Å². The van der Waals surface area contributed by atoms with Gasteiger partial charge in [-0.3, -0.25) is 4.79 Å². The number of nitriles is 1. The predicted molar refractivity (Wildman–Crippen MR) is 126 cm³/mol. The highest BCUT2D eigenvalue weighted by molar-refractivity contribution is 9.10. The van der Waals surface area contributed by atoms with Crippen LogP contribution < -0.4 is 10.1 Å². The van der Waals surface area contributed by atoms with E-state index in [-0.39, 0.29) is 18.1 Å². The fourth-order valence-electron chi connectivity index (χ4n) is 2.84. The first-order valence-electron chi connectivity index (χ1n) is 9.60. The summed E-state index contributed by atoms with van der Waals surface area (Å²) in [5.41, 5.74) is 3.70. The summed E-state index contributed by atoms with van der Waals surface area (Å²) in [7, 11) is 0. The number of carbonyl (C=O) groups is 2. The minimum Gasteiger partial charge on any atom is -0.483 e. The SMILES string of the molecule is Cc1ccc(NC(=O)COc2ccc(/C=C(/C#N)c3ccc(C(=O)O)cc3)cc2Br)cc1. The van der Waals surface area contributed by atoms with Crippen molar-refractivity contribution in [2.75, 3.05) is 11.9 Å². The van der Waals surface area contributed by atoms with E-state index in [1.54, 1.807) is 36.4 Å². The van der Waals surface area contributed by atoms with Gasteiger partial charge in [0.25, 0.3) is 5.91 Å². The Hall–Kier alpha value is -3.89. The molecule has 0 aliphatic carbocycles. The number of carboxylic acid groups (broad SMARTS) is 1. The molecule has 0 atom stereocenters. The van der Waals surface area contributed by atoms with Crippen molar-refractivity contribution in [2.45, 2.75) is 6.92 Å². The van der Waals surface area contributed by atoms with Crippen LogP contribution in [0.15, 0.2) is 71.2 Å². The Morgan fingerprint density at radius 3 is 2.31 bits per heavy atom. The minimum absolute atomic E-state index is 0.152. The van der Waals surface area contributed by atoms with Crippen LogP contribution in [0.25, 0.3) is 11.6 Å². The number of allylic oxidation sites excluding steroid dienone is 1. The normalized spacial score (nSPS) is 10.8. The van der Waals surface area contributed by atoms with Gasteiger partial charge in [-0.2, -0.15) is 5.26 Å². The van der Waals surface area contributed by atoms with Gasteiger partial charge in [0.05, 0.1) is 21.7 Å². The number of ether oxygens (including phenoxy) is 1. The van der Waals surface area contributed by atoms with Gasteiger partial charge in [-0.25, -0.2) is 4.79 Å². The first-order chi connectivity index (χ1) is 15.4. The number of amides is 1. The Morgan fingerprint density at radius 1 is 1.06 bits per heavy atom. The molecule has 0 radical (unpaired) electrons. The Morgan fingerprint density at radius 2 is 1.72 bits per heavy atom. The van der Waals surface area contributed by atoms with Crippen molar-refractivity contribution in [3.63, 3.8) is 0 Å². The molecule has 0 saturated heterocycles. The molecule has 32 heavy (non-hydrogen) atoms. The number of halogens is 1. The van der Waals surface area contributed by atoms with Gasteiger partial charge in [-0.15, -0.1) is 0 Å². The second kappa shape index (κ2) is 10.4. The van der Waals surface area contributed by atoms with Crippen molar-refractivity contribution in [3.8, 4) is 11.8 Å². The topological polar surface area (TPSA) is 99.4 Å². The largest absolute Gasteiger partial charge is 0.483 e. The summed E-state index contributed by atoms with van der Waals surface area (Å²) in [6, 6.07) is 21.0. The van der Waals surface area contributed by atoms with Gasteiger partial charge >= 0.3 is 5.97 Å². The van der Waals surface area contributed by atoms with E-state index in [9.17, 15) is 14.9 Å². The molecule has 2 N–H and O–H groups in total. The summed E-state index contributed by atoms with van der Waals surface area (Å²) in [4.78, 5) is 23.1. The van der Waals surface area contributed by atoms with Gasteiger partial charge in [0.2, 0.25) is 0 Å². The molecule has 0 aliphatic heterocycles. The summed E-state index contributed by atoms with van der Waals surface area (Å²) in [6.07, 6.45) is 1.69. The molecule has 7 heteroatoms. The average Bonchev–Trinajstić information content (AvgIpc) is 2.78. The van der Waals surface area contributed by atoms with E-state index in [1.807, 2.05) is 31.2 Å². The van der Waals surface area contributed by atoms with Gasteiger partial charge in [0.1, 0.15) is 5.75 Å². The smallest absolute Gasteiger partial charge is 0.335 e. The molecule has 0 spiro atoms. The maximum atomic E-state index is 12.1. The Kier molecular flexibility index (Phi) is 7.42. The number of aromatic carboxylic acids is 1. The average molecular weight is 491 g/mol. The summed E-state index contributed by atoms with van der Waals surface area (Å²) in [5, 5.41) is 21.3. The summed E-state index contributed by atoms with van der Waals surface area (Å²) in [5.74, 6) is -0.807. The first kappa shape index (κ1) is 22.8. The molecule has 0 unspecified atom stereocenters. The second-order valence-electron chi connectivity index (χ2n) is 6.95. The van der Waals surface area contributed by atoms with Crippen LogP contribution in [0.3, 0.4) is 0 Å². The molecule has 0 heterocycles. The predicted octanol–water partition coefficient (Wildman–Crippen LogP) is 5.54. The molecule has 1 amide bonds. The fraction of sp³-hybridized carbons (Fsp3) is 0.0800. The monoisotopic (exact) mass is 490 g/mol.